The Hall–Kier alpha value is -1.41. The molecule has 0 fully saturated rings. The van der Waals surface area contributed by atoms with Crippen molar-refractivity contribution in [1.29, 1.82) is 0 Å². The number of aliphatic carboxylic acids is 1. The molecule has 7 nitrogen and oxygen atoms in total. The fraction of sp³-hybridized carbons (Fsp3) is 0.200. The standard InChI is InChI=1S/C3H4N2O3S.C2H4O2/c4-9(6,7)3-1-2-8-5-3;1-2(3)4/h1-2H,(H2,4,6,7);1H3,(H,3,4). The summed E-state index contributed by atoms with van der Waals surface area (Å²) in [6, 6.07) is 1.18. The van der Waals surface area contributed by atoms with Gasteiger partial charge >= 0.3 is 0 Å². The molecule has 0 spiro atoms. The minimum atomic E-state index is -3.66. The van der Waals surface area contributed by atoms with Crippen LogP contribution in [0.4, 0.5) is 0 Å². The van der Waals surface area contributed by atoms with Crippen LogP contribution in [0.3, 0.4) is 0 Å². The predicted molar refractivity (Wildman–Crippen MR) is 41.2 cm³/mol. The molecule has 3 N–H and O–H groups in total. The van der Waals surface area contributed by atoms with Crippen LogP contribution in [0, 0.1) is 0 Å². The number of carbonyl (C=O) groups is 1. The SMILES string of the molecule is CC(=O)O.NS(=O)(=O)c1ccon1. The van der Waals surface area contributed by atoms with Crippen LogP contribution in [-0.2, 0) is 14.8 Å². The van der Waals surface area contributed by atoms with Gasteiger partial charge in [-0.3, -0.25) is 4.79 Å². The summed E-state index contributed by atoms with van der Waals surface area (Å²) < 4.78 is 24.9. The number of sulfonamides is 1. The molecule has 1 heterocycles. The quantitative estimate of drug-likeness (QED) is 0.635. The van der Waals surface area contributed by atoms with Crippen molar-refractivity contribution in [2.45, 2.75) is 11.9 Å². The van der Waals surface area contributed by atoms with Gasteiger partial charge in [0, 0.05) is 13.0 Å². The number of rotatable bonds is 1. The number of carboxylic acids is 1. The number of hydrogen-bond donors (Lipinski definition) is 2. The summed E-state index contributed by atoms with van der Waals surface area (Å²) in [6.07, 6.45) is 1.14. The van der Waals surface area contributed by atoms with E-state index in [1.807, 2.05) is 0 Å². The molecule has 0 radical (unpaired) electrons. The smallest absolute Gasteiger partial charge is 0.300 e. The van der Waals surface area contributed by atoms with Crippen LogP contribution in [0.5, 0.6) is 0 Å². The average molecular weight is 208 g/mol. The molecule has 74 valence electrons. The molecule has 13 heavy (non-hydrogen) atoms. The molecule has 0 aliphatic rings. The molecule has 0 amide bonds. The number of nitrogens with zero attached hydrogens (tertiary/aromatic N) is 1. The minimum Gasteiger partial charge on any atom is -0.481 e. The van der Waals surface area contributed by atoms with E-state index in [1.165, 1.54) is 6.07 Å². The first-order valence-electron chi connectivity index (χ1n) is 2.96. The first-order chi connectivity index (χ1) is 5.84. The van der Waals surface area contributed by atoms with E-state index >= 15 is 0 Å². The average Bonchev–Trinajstić information content (AvgIpc) is 2.31. The van der Waals surface area contributed by atoms with Gasteiger partial charge in [0.05, 0.1) is 0 Å². The van der Waals surface area contributed by atoms with E-state index in [4.69, 9.17) is 9.90 Å². The zero-order chi connectivity index (χ0) is 10.5. The minimum absolute atomic E-state index is 0.248. The normalized spacial score (nSPS) is 10.0. The Kier molecular flexibility index (Phi) is 4.08. The summed E-state index contributed by atoms with van der Waals surface area (Å²) in [5, 5.41) is 14.9. The highest BCUT2D eigenvalue weighted by Crippen LogP contribution is 1.99. The van der Waals surface area contributed by atoms with E-state index in [9.17, 15) is 8.42 Å². The lowest BCUT2D eigenvalue weighted by atomic mass is 10.8. The summed E-state index contributed by atoms with van der Waals surface area (Å²) in [5.74, 6) is -0.833. The third kappa shape index (κ3) is 5.82. The second-order valence-corrected chi connectivity index (χ2v) is 3.41. The monoisotopic (exact) mass is 208 g/mol. The van der Waals surface area contributed by atoms with Gasteiger partial charge in [0.1, 0.15) is 6.26 Å². The third-order valence-corrected chi connectivity index (χ3v) is 1.50. The van der Waals surface area contributed by atoms with Crippen molar-refractivity contribution in [2.24, 2.45) is 5.14 Å². The third-order valence-electron chi connectivity index (χ3n) is 0.706. The fourth-order valence-corrected chi connectivity index (χ4v) is 0.740. The lowest BCUT2D eigenvalue weighted by molar-refractivity contribution is -0.134. The number of aromatic nitrogens is 1. The van der Waals surface area contributed by atoms with Crippen molar-refractivity contribution in [3.63, 3.8) is 0 Å². The summed E-state index contributed by atoms with van der Waals surface area (Å²) in [4.78, 5) is 9.00. The molecule has 0 bridgehead atoms. The van der Waals surface area contributed by atoms with Gasteiger partial charge in [-0.15, -0.1) is 0 Å². The number of nitrogens with two attached hydrogens (primary N) is 1. The summed E-state index contributed by atoms with van der Waals surface area (Å²) in [6.45, 7) is 1.08. The highest BCUT2D eigenvalue weighted by Gasteiger charge is 2.09. The van der Waals surface area contributed by atoms with Crippen molar-refractivity contribution in [1.82, 2.24) is 5.16 Å². The maximum atomic E-state index is 10.3. The Morgan fingerprint density at radius 3 is 2.31 bits per heavy atom. The zero-order valence-electron chi connectivity index (χ0n) is 6.67. The Morgan fingerprint density at radius 1 is 1.69 bits per heavy atom. The lowest BCUT2D eigenvalue weighted by Crippen LogP contribution is -2.12. The molecular formula is C5H8N2O5S. The first-order valence-corrected chi connectivity index (χ1v) is 4.51. The van der Waals surface area contributed by atoms with Crippen LogP contribution in [0.2, 0.25) is 0 Å². The highest BCUT2D eigenvalue weighted by atomic mass is 32.2. The van der Waals surface area contributed by atoms with Crippen LogP contribution < -0.4 is 5.14 Å². The Bertz CT molecular complexity index is 350. The van der Waals surface area contributed by atoms with E-state index in [1.54, 1.807) is 0 Å². The molecular weight excluding hydrogens is 200 g/mol. The Labute approximate surface area is 74.2 Å². The van der Waals surface area contributed by atoms with Crippen molar-refractivity contribution in [3.8, 4) is 0 Å². The maximum Gasteiger partial charge on any atom is 0.300 e. The van der Waals surface area contributed by atoms with Gasteiger partial charge in [-0.1, -0.05) is 5.16 Å². The molecule has 0 aliphatic heterocycles. The molecule has 0 aromatic carbocycles. The van der Waals surface area contributed by atoms with Gasteiger partial charge in [0.2, 0.25) is 5.03 Å². The number of primary sulfonamides is 1. The van der Waals surface area contributed by atoms with Crippen molar-refractivity contribution in [2.75, 3.05) is 0 Å². The Morgan fingerprint density at radius 2 is 2.15 bits per heavy atom. The molecule has 0 saturated carbocycles. The molecule has 0 atom stereocenters. The molecule has 0 unspecified atom stereocenters. The second-order valence-electron chi connectivity index (χ2n) is 1.90. The first kappa shape index (κ1) is 11.6. The van der Waals surface area contributed by atoms with Crippen LogP contribution in [0.1, 0.15) is 6.92 Å². The maximum absolute atomic E-state index is 10.3. The topological polar surface area (TPSA) is 123 Å². The van der Waals surface area contributed by atoms with Gasteiger partial charge in [-0.05, 0) is 0 Å². The Balaban J connectivity index is 0.000000310. The largest absolute Gasteiger partial charge is 0.481 e. The van der Waals surface area contributed by atoms with Crippen molar-refractivity contribution < 1.29 is 22.8 Å². The molecule has 0 aliphatic carbocycles. The van der Waals surface area contributed by atoms with Gasteiger partial charge in [-0.25, -0.2) is 13.6 Å². The fourth-order valence-electron chi connectivity index (χ4n) is 0.348. The van der Waals surface area contributed by atoms with Crippen LogP contribution >= 0.6 is 0 Å². The summed E-state index contributed by atoms with van der Waals surface area (Å²) in [7, 11) is -3.66. The van der Waals surface area contributed by atoms with Gasteiger partial charge in [0.15, 0.2) is 0 Å². The number of carboxylic acid groups (broad SMARTS) is 1. The summed E-state index contributed by atoms with van der Waals surface area (Å²) in [5.41, 5.74) is 0. The number of hydrogen-bond acceptors (Lipinski definition) is 5. The van der Waals surface area contributed by atoms with Crippen LogP contribution in [0.25, 0.3) is 0 Å². The van der Waals surface area contributed by atoms with Gasteiger partial charge in [-0.2, -0.15) is 0 Å². The van der Waals surface area contributed by atoms with E-state index in [0.717, 1.165) is 13.2 Å². The molecule has 8 heteroatoms. The van der Waals surface area contributed by atoms with Crippen molar-refractivity contribution >= 4 is 16.0 Å². The van der Waals surface area contributed by atoms with Crippen LogP contribution in [0.15, 0.2) is 21.9 Å². The summed E-state index contributed by atoms with van der Waals surface area (Å²) >= 11 is 0. The molecule has 1 aromatic rings. The van der Waals surface area contributed by atoms with E-state index in [-0.39, 0.29) is 5.03 Å². The zero-order valence-corrected chi connectivity index (χ0v) is 7.48. The van der Waals surface area contributed by atoms with E-state index in [2.05, 4.69) is 14.8 Å². The predicted octanol–water partition coefficient (Wildman–Crippen LogP) is -0.587. The molecule has 0 saturated heterocycles. The van der Waals surface area contributed by atoms with E-state index < -0.39 is 16.0 Å². The van der Waals surface area contributed by atoms with Crippen LogP contribution in [-0.4, -0.2) is 24.7 Å². The van der Waals surface area contributed by atoms with Gasteiger partial charge < -0.3 is 9.63 Å². The second kappa shape index (κ2) is 4.58. The van der Waals surface area contributed by atoms with E-state index in [0.29, 0.717) is 0 Å². The highest BCUT2D eigenvalue weighted by molar-refractivity contribution is 7.89. The molecule has 1 aromatic heterocycles. The molecule has 1 rings (SSSR count). The van der Waals surface area contributed by atoms with Gasteiger partial charge in [0.25, 0.3) is 16.0 Å². The lowest BCUT2D eigenvalue weighted by Gasteiger charge is -1.83. The van der Waals surface area contributed by atoms with Crippen molar-refractivity contribution in [3.05, 3.63) is 12.3 Å².